The lowest BCUT2D eigenvalue weighted by molar-refractivity contribution is -0.127. The lowest BCUT2D eigenvalue weighted by atomic mass is 9.86. The summed E-state index contributed by atoms with van der Waals surface area (Å²) in [5.41, 5.74) is 3.75. The number of anilines is 1. The molecule has 6 rings (SSSR count). The van der Waals surface area contributed by atoms with E-state index in [4.69, 9.17) is 9.72 Å². The molecule has 1 N–H and O–H groups in total. The molecule has 1 amide bonds. The Morgan fingerprint density at radius 1 is 1.24 bits per heavy atom. The molecule has 10 nitrogen and oxygen atoms in total. The van der Waals surface area contributed by atoms with Gasteiger partial charge < -0.3 is 19.5 Å². The van der Waals surface area contributed by atoms with E-state index in [0.717, 1.165) is 30.6 Å². The number of nitrogens with one attached hydrogen (secondary N) is 1. The molecule has 4 aromatic rings. The standard InChI is InChI=1S/C31H31FN8O2/c1-6-27(41)40-18-7-11-25(40)20(13-18)21-8-9-23(33-3)29(37-21)30(34-4)38-22-10-12-26(17(2)28(22)32)42-19-14-24-31(35-15-19)39(5)16-36-24/h6,8-10,12,14-16,18,20,25H,1,3,7,11,13H2,2,4-5H3,(H,34,38)/t18-,20+,25+/m1/s1. The minimum atomic E-state index is -0.489. The summed E-state index contributed by atoms with van der Waals surface area (Å²) >= 11 is 0. The van der Waals surface area contributed by atoms with Gasteiger partial charge in [-0.2, -0.15) is 0 Å². The number of ether oxygens (including phenoxy) is 1. The summed E-state index contributed by atoms with van der Waals surface area (Å²) in [5.74, 6) is 0.706. The maximum absolute atomic E-state index is 15.7. The number of aryl methyl sites for hydroxylation is 1. The molecule has 42 heavy (non-hydrogen) atoms. The average molecular weight is 567 g/mol. The number of aliphatic imine (C=N–C) groups is 2. The van der Waals surface area contributed by atoms with E-state index >= 15 is 4.39 Å². The molecule has 2 aliphatic rings. The fraction of sp³-hybridized carbons (Fsp3) is 0.290. The first kappa shape index (κ1) is 27.3. The van der Waals surface area contributed by atoms with Crippen LogP contribution in [0, 0.1) is 12.7 Å². The third-order valence-corrected chi connectivity index (χ3v) is 8.20. The smallest absolute Gasteiger partial charge is 0.246 e. The molecule has 3 aromatic heterocycles. The Kier molecular flexibility index (Phi) is 7.01. The predicted molar refractivity (Wildman–Crippen MR) is 160 cm³/mol. The Hall–Kier alpha value is -4.93. The number of hydrogen-bond acceptors (Lipinski definition) is 7. The predicted octanol–water partition coefficient (Wildman–Crippen LogP) is 5.46. The average Bonchev–Trinajstić information content (AvgIpc) is 3.71. The molecule has 2 aliphatic heterocycles. The second-order valence-electron chi connectivity index (χ2n) is 10.6. The molecule has 2 bridgehead atoms. The number of carbonyl (C=O) groups excluding carboxylic acids is 1. The lowest BCUT2D eigenvalue weighted by Gasteiger charge is -2.24. The fourth-order valence-corrected chi connectivity index (χ4v) is 6.13. The molecule has 214 valence electrons. The third-order valence-electron chi connectivity index (χ3n) is 8.20. The van der Waals surface area contributed by atoms with Crippen LogP contribution in [0.15, 0.2) is 65.5 Å². The summed E-state index contributed by atoms with van der Waals surface area (Å²) in [6.07, 6.45) is 7.38. The van der Waals surface area contributed by atoms with Gasteiger partial charge in [0.15, 0.2) is 17.3 Å². The van der Waals surface area contributed by atoms with Gasteiger partial charge in [-0.25, -0.2) is 19.3 Å². The van der Waals surface area contributed by atoms with E-state index in [1.807, 2.05) is 28.6 Å². The number of nitrogens with zero attached hydrogens (tertiary/aromatic N) is 7. The number of pyridine rings is 2. The molecule has 5 heterocycles. The van der Waals surface area contributed by atoms with Crippen molar-refractivity contribution in [1.82, 2.24) is 24.4 Å². The van der Waals surface area contributed by atoms with Crippen LogP contribution in [-0.2, 0) is 11.8 Å². The van der Waals surface area contributed by atoms with E-state index in [1.54, 1.807) is 44.7 Å². The van der Waals surface area contributed by atoms with Gasteiger partial charge in [0.2, 0.25) is 5.91 Å². The Morgan fingerprint density at radius 2 is 2.07 bits per heavy atom. The molecule has 0 radical (unpaired) electrons. The van der Waals surface area contributed by atoms with Crippen LogP contribution in [-0.4, -0.2) is 62.0 Å². The molecule has 2 fully saturated rings. The SMILES string of the molecule is C=CC(=O)N1[C@@H]2CC[C@H]1[C@H](c1ccc(N=C)c(C(=NC)Nc3ccc(Oc4cnc5c(c4)ncn5C)c(C)c3F)n1)C2. The van der Waals surface area contributed by atoms with Crippen molar-refractivity contribution in [3.05, 3.63) is 78.3 Å². The molecule has 1 aromatic carbocycles. The largest absolute Gasteiger partial charge is 0.455 e. The summed E-state index contributed by atoms with van der Waals surface area (Å²) in [7, 11) is 3.47. The number of rotatable bonds is 7. The number of benzene rings is 1. The van der Waals surface area contributed by atoms with E-state index in [1.165, 1.54) is 6.08 Å². The van der Waals surface area contributed by atoms with Crippen LogP contribution >= 0.6 is 0 Å². The van der Waals surface area contributed by atoms with E-state index < -0.39 is 5.82 Å². The van der Waals surface area contributed by atoms with Crippen LogP contribution in [0.5, 0.6) is 11.5 Å². The first-order chi connectivity index (χ1) is 20.3. The molecule has 3 atom stereocenters. The third kappa shape index (κ3) is 4.60. The van der Waals surface area contributed by atoms with Gasteiger partial charge in [-0.1, -0.05) is 6.58 Å². The minimum Gasteiger partial charge on any atom is -0.455 e. The van der Waals surface area contributed by atoms with Gasteiger partial charge in [-0.3, -0.25) is 14.8 Å². The number of amidine groups is 1. The first-order valence-electron chi connectivity index (χ1n) is 13.7. The van der Waals surface area contributed by atoms with Gasteiger partial charge in [0, 0.05) is 49.4 Å². The molecular weight excluding hydrogens is 535 g/mol. The highest BCUT2D eigenvalue weighted by molar-refractivity contribution is 6.10. The molecular formula is C31H31FN8O2. The highest BCUT2D eigenvalue weighted by atomic mass is 19.1. The van der Waals surface area contributed by atoms with Crippen molar-refractivity contribution in [3.8, 4) is 11.5 Å². The normalized spacial score (nSPS) is 19.8. The van der Waals surface area contributed by atoms with Gasteiger partial charge >= 0.3 is 0 Å². The summed E-state index contributed by atoms with van der Waals surface area (Å²) < 4.78 is 23.4. The molecule has 0 spiro atoms. The Labute approximate surface area is 242 Å². The van der Waals surface area contributed by atoms with Crippen molar-refractivity contribution in [3.63, 3.8) is 0 Å². The van der Waals surface area contributed by atoms with Crippen LogP contribution in [0.2, 0.25) is 0 Å². The number of imidazole rings is 1. The first-order valence-corrected chi connectivity index (χ1v) is 13.7. The Morgan fingerprint density at radius 3 is 2.83 bits per heavy atom. The zero-order chi connectivity index (χ0) is 29.5. The summed E-state index contributed by atoms with van der Waals surface area (Å²) in [4.78, 5) is 36.6. The number of amides is 1. The van der Waals surface area contributed by atoms with Gasteiger partial charge in [0.05, 0.1) is 23.9 Å². The number of fused-ring (bicyclic) bond motifs is 3. The van der Waals surface area contributed by atoms with E-state index in [0.29, 0.717) is 39.8 Å². The number of hydrogen-bond donors (Lipinski definition) is 1. The highest BCUT2D eigenvalue weighted by Crippen LogP contribution is 2.46. The zero-order valence-corrected chi connectivity index (χ0v) is 23.7. The second-order valence-corrected chi connectivity index (χ2v) is 10.6. The number of carbonyl (C=O) groups is 1. The summed E-state index contributed by atoms with van der Waals surface area (Å²) in [6, 6.07) is 9.07. The maximum atomic E-state index is 15.7. The molecule has 0 saturated carbocycles. The minimum absolute atomic E-state index is 0.0427. The fourth-order valence-electron chi connectivity index (χ4n) is 6.13. The Balaban J connectivity index is 1.26. The van der Waals surface area contributed by atoms with Gasteiger partial charge in [0.25, 0.3) is 0 Å². The van der Waals surface area contributed by atoms with Gasteiger partial charge in [0.1, 0.15) is 22.7 Å². The molecule has 2 saturated heterocycles. The highest BCUT2D eigenvalue weighted by Gasteiger charge is 2.48. The van der Waals surface area contributed by atoms with Crippen LogP contribution in [0.25, 0.3) is 11.2 Å². The maximum Gasteiger partial charge on any atom is 0.246 e. The number of halogens is 1. The Bertz CT molecular complexity index is 1760. The van der Waals surface area contributed by atoms with Crippen molar-refractivity contribution >= 4 is 41.0 Å². The van der Waals surface area contributed by atoms with Crippen LogP contribution in [0.3, 0.4) is 0 Å². The molecule has 0 aliphatic carbocycles. The van der Waals surface area contributed by atoms with Crippen LogP contribution in [0.1, 0.15) is 42.1 Å². The monoisotopic (exact) mass is 566 g/mol. The molecule has 11 heteroatoms. The van der Waals surface area contributed by atoms with Crippen molar-refractivity contribution in [2.45, 2.75) is 44.2 Å². The van der Waals surface area contributed by atoms with E-state index in [9.17, 15) is 4.79 Å². The van der Waals surface area contributed by atoms with Crippen molar-refractivity contribution in [1.29, 1.82) is 0 Å². The van der Waals surface area contributed by atoms with Crippen molar-refractivity contribution < 1.29 is 13.9 Å². The van der Waals surface area contributed by atoms with Crippen molar-refractivity contribution in [2.24, 2.45) is 17.0 Å². The van der Waals surface area contributed by atoms with E-state index in [-0.39, 0.29) is 29.6 Å². The van der Waals surface area contributed by atoms with Gasteiger partial charge in [-0.15, -0.1) is 0 Å². The topological polar surface area (TPSA) is 110 Å². The van der Waals surface area contributed by atoms with Gasteiger partial charge in [-0.05, 0) is 63.2 Å². The quantitative estimate of drug-likeness (QED) is 0.181. The van der Waals surface area contributed by atoms with Crippen LogP contribution in [0.4, 0.5) is 15.8 Å². The second kappa shape index (κ2) is 10.8. The summed E-state index contributed by atoms with van der Waals surface area (Å²) in [5, 5.41) is 3.10. The zero-order valence-electron chi connectivity index (χ0n) is 23.7. The summed E-state index contributed by atoms with van der Waals surface area (Å²) in [6.45, 7) is 9.00. The van der Waals surface area contributed by atoms with Crippen LogP contribution < -0.4 is 10.1 Å². The molecule has 0 unspecified atom stereocenters. The lowest BCUT2D eigenvalue weighted by Crippen LogP contribution is -2.34. The number of aromatic nitrogens is 4. The van der Waals surface area contributed by atoms with Crippen molar-refractivity contribution in [2.75, 3.05) is 12.4 Å². The van der Waals surface area contributed by atoms with E-state index in [2.05, 4.69) is 38.6 Å².